The summed E-state index contributed by atoms with van der Waals surface area (Å²) in [7, 11) is -1.14. The van der Waals surface area contributed by atoms with E-state index in [-0.39, 0.29) is 16.6 Å². The van der Waals surface area contributed by atoms with E-state index in [4.69, 9.17) is 9.47 Å². The SMILES string of the molecule is COc1ccc(OC)c(N(CC(=O)N[C@H](C)c2ccc3c(c2)CCCC3)S(=O)(=O)c2ccc(C)cc2)c1. The van der Waals surface area contributed by atoms with Crippen molar-refractivity contribution in [3.05, 3.63) is 82.9 Å². The molecule has 3 aromatic carbocycles. The van der Waals surface area contributed by atoms with Crippen molar-refractivity contribution in [3.8, 4) is 11.5 Å². The maximum atomic E-state index is 13.8. The van der Waals surface area contributed by atoms with Crippen LogP contribution in [0.15, 0.2) is 65.6 Å². The molecule has 0 saturated heterocycles. The van der Waals surface area contributed by atoms with Crippen LogP contribution >= 0.6 is 0 Å². The molecule has 0 heterocycles. The van der Waals surface area contributed by atoms with Crippen molar-refractivity contribution >= 4 is 21.6 Å². The summed E-state index contributed by atoms with van der Waals surface area (Å²) in [4.78, 5) is 13.4. The summed E-state index contributed by atoms with van der Waals surface area (Å²) in [5.41, 5.74) is 4.85. The molecule has 0 aromatic heterocycles. The molecule has 7 nitrogen and oxygen atoms in total. The first-order chi connectivity index (χ1) is 17.7. The third-order valence-corrected chi connectivity index (χ3v) is 8.57. The maximum Gasteiger partial charge on any atom is 0.264 e. The second kappa shape index (κ2) is 11.3. The molecule has 1 amide bonds. The molecule has 1 atom stereocenters. The van der Waals surface area contributed by atoms with Crippen molar-refractivity contribution in [2.24, 2.45) is 0 Å². The first kappa shape index (κ1) is 26.5. The minimum absolute atomic E-state index is 0.0820. The van der Waals surface area contributed by atoms with Gasteiger partial charge in [-0.15, -0.1) is 0 Å². The van der Waals surface area contributed by atoms with E-state index in [9.17, 15) is 13.2 Å². The number of carbonyl (C=O) groups is 1. The Morgan fingerprint density at radius 1 is 0.946 bits per heavy atom. The molecule has 196 valence electrons. The van der Waals surface area contributed by atoms with E-state index in [1.165, 1.54) is 50.3 Å². The Bertz CT molecular complexity index is 1370. The second-order valence-electron chi connectivity index (χ2n) is 9.39. The van der Waals surface area contributed by atoms with Gasteiger partial charge in [-0.05, 0) is 80.5 Å². The van der Waals surface area contributed by atoms with Gasteiger partial charge in [-0.3, -0.25) is 9.10 Å². The number of rotatable bonds is 9. The Balaban J connectivity index is 1.65. The van der Waals surface area contributed by atoms with E-state index < -0.39 is 22.5 Å². The third-order valence-electron chi connectivity index (χ3n) is 6.80. The lowest BCUT2D eigenvalue weighted by Gasteiger charge is -2.27. The van der Waals surface area contributed by atoms with Crippen LogP contribution in [0.3, 0.4) is 0 Å². The molecule has 3 aromatic rings. The van der Waals surface area contributed by atoms with E-state index in [0.717, 1.165) is 28.3 Å². The Morgan fingerprint density at radius 3 is 2.32 bits per heavy atom. The summed E-state index contributed by atoms with van der Waals surface area (Å²) >= 11 is 0. The fourth-order valence-electron chi connectivity index (χ4n) is 4.65. The molecule has 1 N–H and O–H groups in total. The summed E-state index contributed by atoms with van der Waals surface area (Å²) in [6, 6.07) is 17.5. The number of carbonyl (C=O) groups excluding carboxylic acids is 1. The van der Waals surface area contributed by atoms with E-state index >= 15 is 0 Å². The van der Waals surface area contributed by atoms with Gasteiger partial charge in [0.1, 0.15) is 18.0 Å². The van der Waals surface area contributed by atoms with Gasteiger partial charge < -0.3 is 14.8 Å². The number of fused-ring (bicyclic) bond motifs is 1. The van der Waals surface area contributed by atoms with Gasteiger partial charge in [0.15, 0.2) is 0 Å². The summed E-state index contributed by atoms with van der Waals surface area (Å²) in [5, 5.41) is 2.98. The largest absolute Gasteiger partial charge is 0.497 e. The smallest absolute Gasteiger partial charge is 0.264 e. The number of benzene rings is 3. The zero-order valence-electron chi connectivity index (χ0n) is 21.8. The van der Waals surface area contributed by atoms with Gasteiger partial charge in [0, 0.05) is 6.07 Å². The van der Waals surface area contributed by atoms with Crippen LogP contribution in [0.4, 0.5) is 5.69 Å². The van der Waals surface area contributed by atoms with Gasteiger partial charge in [-0.25, -0.2) is 8.42 Å². The average Bonchev–Trinajstić information content (AvgIpc) is 2.91. The monoisotopic (exact) mass is 522 g/mol. The van der Waals surface area contributed by atoms with Crippen molar-refractivity contribution in [2.45, 2.75) is 50.5 Å². The second-order valence-corrected chi connectivity index (χ2v) is 11.2. The molecule has 4 rings (SSSR count). The number of sulfonamides is 1. The van der Waals surface area contributed by atoms with Crippen LogP contribution in [-0.4, -0.2) is 35.1 Å². The van der Waals surface area contributed by atoms with Crippen molar-refractivity contribution < 1.29 is 22.7 Å². The van der Waals surface area contributed by atoms with Gasteiger partial charge >= 0.3 is 0 Å². The lowest BCUT2D eigenvalue weighted by Crippen LogP contribution is -2.41. The quantitative estimate of drug-likeness (QED) is 0.429. The molecule has 0 spiro atoms. The van der Waals surface area contributed by atoms with Crippen LogP contribution in [-0.2, 0) is 27.7 Å². The van der Waals surface area contributed by atoms with Gasteiger partial charge in [-0.1, -0.05) is 35.9 Å². The number of amides is 1. The number of hydrogen-bond acceptors (Lipinski definition) is 5. The Hall–Kier alpha value is -3.52. The van der Waals surface area contributed by atoms with Gasteiger partial charge in [-0.2, -0.15) is 0 Å². The first-order valence-corrected chi connectivity index (χ1v) is 13.9. The van der Waals surface area contributed by atoms with Gasteiger partial charge in [0.25, 0.3) is 10.0 Å². The van der Waals surface area contributed by atoms with Gasteiger partial charge in [0.05, 0.1) is 30.8 Å². The molecule has 0 radical (unpaired) electrons. The molecular formula is C29H34N2O5S. The zero-order valence-corrected chi connectivity index (χ0v) is 22.6. The average molecular weight is 523 g/mol. The molecule has 0 fully saturated rings. The predicted octanol–water partition coefficient (Wildman–Crippen LogP) is 4.96. The van der Waals surface area contributed by atoms with Crippen molar-refractivity contribution in [2.75, 3.05) is 25.1 Å². The molecule has 0 aliphatic heterocycles. The maximum absolute atomic E-state index is 13.8. The topological polar surface area (TPSA) is 84.9 Å². The Labute approximate surface area is 219 Å². The Kier molecular flexibility index (Phi) is 8.07. The minimum Gasteiger partial charge on any atom is -0.497 e. The third kappa shape index (κ3) is 5.91. The zero-order chi connectivity index (χ0) is 26.6. The van der Waals surface area contributed by atoms with Crippen LogP contribution in [0, 0.1) is 6.92 Å². The number of hydrogen-bond donors (Lipinski definition) is 1. The van der Waals surface area contributed by atoms with E-state index in [2.05, 4.69) is 17.4 Å². The molecule has 0 bridgehead atoms. The van der Waals surface area contributed by atoms with Crippen molar-refractivity contribution in [1.82, 2.24) is 5.32 Å². The van der Waals surface area contributed by atoms with Crippen LogP contribution in [0.1, 0.15) is 48.1 Å². The molecule has 0 unspecified atom stereocenters. The molecule has 1 aliphatic rings. The summed E-state index contributed by atoms with van der Waals surface area (Å²) in [6.07, 6.45) is 4.51. The standard InChI is InChI=1S/C29H34N2O5S/c1-20-9-14-26(15-10-20)37(33,34)31(27-18-25(35-3)13-16-28(27)36-4)19-29(32)30-21(2)23-12-11-22-7-5-6-8-24(22)17-23/h9-18,21H,5-8,19H2,1-4H3,(H,30,32)/t21-/m1/s1. The highest BCUT2D eigenvalue weighted by Crippen LogP contribution is 2.36. The van der Waals surface area contributed by atoms with Crippen LogP contribution < -0.4 is 19.1 Å². The predicted molar refractivity (Wildman–Crippen MR) is 145 cm³/mol. The minimum atomic E-state index is -4.10. The van der Waals surface area contributed by atoms with Crippen molar-refractivity contribution in [1.29, 1.82) is 0 Å². The van der Waals surface area contributed by atoms with Gasteiger partial charge in [0.2, 0.25) is 5.91 Å². The van der Waals surface area contributed by atoms with Crippen molar-refractivity contribution in [3.63, 3.8) is 0 Å². The lowest BCUT2D eigenvalue weighted by molar-refractivity contribution is -0.120. The molecular weight excluding hydrogens is 488 g/mol. The number of aryl methyl sites for hydroxylation is 3. The summed E-state index contributed by atoms with van der Waals surface area (Å²) < 4.78 is 39.5. The highest BCUT2D eigenvalue weighted by atomic mass is 32.2. The first-order valence-electron chi connectivity index (χ1n) is 12.5. The number of methoxy groups -OCH3 is 2. The fraction of sp³-hybridized carbons (Fsp3) is 0.345. The Morgan fingerprint density at radius 2 is 1.65 bits per heavy atom. The van der Waals surface area contributed by atoms with Crippen LogP contribution in [0.25, 0.3) is 0 Å². The normalized spacial score (nSPS) is 13.8. The summed E-state index contributed by atoms with van der Waals surface area (Å²) in [5.74, 6) is 0.334. The van der Waals surface area contributed by atoms with Crippen LogP contribution in [0.2, 0.25) is 0 Å². The molecule has 1 aliphatic carbocycles. The highest BCUT2D eigenvalue weighted by Gasteiger charge is 2.30. The van der Waals surface area contributed by atoms with Crippen LogP contribution in [0.5, 0.6) is 11.5 Å². The number of nitrogens with one attached hydrogen (secondary N) is 1. The number of anilines is 1. The van der Waals surface area contributed by atoms with E-state index in [0.29, 0.717) is 11.5 Å². The number of ether oxygens (including phenoxy) is 2. The fourth-order valence-corrected chi connectivity index (χ4v) is 6.08. The highest BCUT2D eigenvalue weighted by molar-refractivity contribution is 7.92. The summed E-state index contributed by atoms with van der Waals surface area (Å²) in [6.45, 7) is 3.37. The van der Waals surface area contributed by atoms with E-state index in [1.807, 2.05) is 19.9 Å². The molecule has 8 heteroatoms. The molecule has 0 saturated carbocycles. The lowest BCUT2D eigenvalue weighted by atomic mass is 9.89. The number of nitrogens with zero attached hydrogens (tertiary/aromatic N) is 1. The van der Waals surface area contributed by atoms with E-state index in [1.54, 1.807) is 30.3 Å². The molecule has 37 heavy (non-hydrogen) atoms.